The summed E-state index contributed by atoms with van der Waals surface area (Å²) in [4.78, 5) is 2.61. The van der Waals surface area contributed by atoms with Gasteiger partial charge in [0.2, 0.25) is 0 Å². The van der Waals surface area contributed by atoms with Gasteiger partial charge in [-0.1, -0.05) is 0 Å². The highest BCUT2D eigenvalue weighted by Crippen LogP contribution is 2.20. The van der Waals surface area contributed by atoms with Gasteiger partial charge in [0.05, 0.1) is 0 Å². The Hall–Kier alpha value is -0.0800. The summed E-state index contributed by atoms with van der Waals surface area (Å²) in [7, 11) is 2.04. The molecule has 1 N–H and O–H groups in total. The summed E-state index contributed by atoms with van der Waals surface area (Å²) in [5.74, 6) is 0. The third kappa shape index (κ3) is 1.99. The minimum Gasteiger partial charge on any atom is -0.316 e. The van der Waals surface area contributed by atoms with Crippen molar-refractivity contribution in [2.24, 2.45) is 0 Å². The van der Waals surface area contributed by atoms with Gasteiger partial charge in [-0.15, -0.1) is 0 Å². The van der Waals surface area contributed by atoms with Crippen LogP contribution in [0.25, 0.3) is 0 Å². The molecule has 0 spiro atoms. The van der Waals surface area contributed by atoms with Crippen molar-refractivity contribution >= 4 is 0 Å². The van der Waals surface area contributed by atoms with Crippen LogP contribution in [0, 0.1) is 0 Å². The highest BCUT2D eigenvalue weighted by Gasteiger charge is 2.27. The first-order chi connectivity index (χ1) is 5.66. The number of likely N-dealkylation sites (N-methyl/N-ethyl adjacent to an activating group) is 1. The smallest absolute Gasteiger partial charge is 0.0221 e. The molecular weight excluding hydrogens is 148 g/mol. The van der Waals surface area contributed by atoms with Crippen LogP contribution in [0.5, 0.6) is 0 Å². The first-order valence-electron chi connectivity index (χ1n) is 5.09. The third-order valence-electron chi connectivity index (χ3n) is 3.31. The summed E-state index contributed by atoms with van der Waals surface area (Å²) in [5, 5.41) is 3.32. The molecule has 0 aromatic heterocycles. The predicted octanol–water partition coefficient (Wildman–Crippen LogP) is 1.47. The van der Waals surface area contributed by atoms with E-state index in [1.54, 1.807) is 0 Å². The number of nitrogens with zero attached hydrogens (tertiary/aromatic N) is 1. The first-order valence-corrected chi connectivity index (χ1v) is 5.09. The molecule has 12 heavy (non-hydrogen) atoms. The summed E-state index contributed by atoms with van der Waals surface area (Å²) in [5.41, 5.74) is 0. The van der Waals surface area contributed by atoms with Crippen molar-refractivity contribution in [1.29, 1.82) is 0 Å². The Kier molecular flexibility index (Phi) is 3.53. The first kappa shape index (κ1) is 10.0. The molecule has 2 nitrogen and oxygen atoms in total. The lowest BCUT2D eigenvalue weighted by Gasteiger charge is -2.32. The highest BCUT2D eigenvalue weighted by molar-refractivity contribution is 4.84. The monoisotopic (exact) mass is 170 g/mol. The molecule has 0 saturated carbocycles. The van der Waals surface area contributed by atoms with E-state index in [0.29, 0.717) is 12.1 Å². The van der Waals surface area contributed by atoms with Crippen LogP contribution >= 0.6 is 0 Å². The van der Waals surface area contributed by atoms with Crippen LogP contribution in [0.1, 0.15) is 33.6 Å². The third-order valence-corrected chi connectivity index (χ3v) is 3.31. The van der Waals surface area contributed by atoms with Crippen molar-refractivity contribution < 1.29 is 0 Å². The fourth-order valence-corrected chi connectivity index (χ4v) is 2.09. The molecule has 2 heteroatoms. The maximum Gasteiger partial charge on any atom is 0.0221 e. The molecule has 1 heterocycles. The minimum atomic E-state index is 0.602. The summed E-state index contributed by atoms with van der Waals surface area (Å²) in [6.45, 7) is 8.21. The zero-order chi connectivity index (χ0) is 9.14. The van der Waals surface area contributed by atoms with Crippen molar-refractivity contribution in [1.82, 2.24) is 10.2 Å². The lowest BCUT2D eigenvalue weighted by atomic mass is 10.1. The Morgan fingerprint density at radius 2 is 2.08 bits per heavy atom. The molecule has 0 amide bonds. The van der Waals surface area contributed by atoms with Gasteiger partial charge in [-0.3, -0.25) is 4.90 Å². The van der Waals surface area contributed by atoms with Crippen LogP contribution in [-0.4, -0.2) is 36.6 Å². The predicted molar refractivity (Wildman–Crippen MR) is 53.4 cm³/mol. The molecule has 3 unspecified atom stereocenters. The fourth-order valence-electron chi connectivity index (χ4n) is 2.09. The van der Waals surface area contributed by atoms with Crippen LogP contribution in [-0.2, 0) is 0 Å². The number of hydrogen-bond donors (Lipinski definition) is 1. The van der Waals surface area contributed by atoms with Crippen LogP contribution in [0.2, 0.25) is 0 Å². The van der Waals surface area contributed by atoms with Gasteiger partial charge < -0.3 is 5.32 Å². The van der Waals surface area contributed by atoms with E-state index in [0.717, 1.165) is 6.04 Å². The second-order valence-electron chi connectivity index (χ2n) is 4.05. The maximum atomic E-state index is 3.32. The van der Waals surface area contributed by atoms with E-state index in [2.05, 4.69) is 31.0 Å². The average Bonchev–Trinajstić information content (AvgIpc) is 2.48. The lowest BCUT2D eigenvalue weighted by molar-refractivity contribution is 0.172. The van der Waals surface area contributed by atoms with Crippen molar-refractivity contribution in [3.05, 3.63) is 0 Å². The van der Waals surface area contributed by atoms with E-state index < -0.39 is 0 Å². The van der Waals surface area contributed by atoms with Crippen LogP contribution in [0.15, 0.2) is 0 Å². The zero-order valence-corrected chi connectivity index (χ0v) is 8.80. The summed E-state index contributed by atoms with van der Waals surface area (Å²) in [6.07, 6.45) is 2.75. The van der Waals surface area contributed by atoms with Crippen LogP contribution in [0.3, 0.4) is 0 Å². The Labute approximate surface area is 76.3 Å². The molecule has 0 bridgehead atoms. The van der Waals surface area contributed by atoms with Gasteiger partial charge in [0, 0.05) is 18.1 Å². The molecule has 3 atom stereocenters. The average molecular weight is 170 g/mol. The molecule has 1 rings (SSSR count). The molecule has 1 saturated heterocycles. The second-order valence-corrected chi connectivity index (χ2v) is 4.05. The number of hydrogen-bond acceptors (Lipinski definition) is 2. The second kappa shape index (κ2) is 4.24. The summed E-state index contributed by atoms with van der Waals surface area (Å²) < 4.78 is 0. The van der Waals surface area contributed by atoms with E-state index in [4.69, 9.17) is 0 Å². The van der Waals surface area contributed by atoms with E-state index in [1.807, 2.05) is 7.05 Å². The largest absolute Gasteiger partial charge is 0.316 e. The molecule has 0 aromatic carbocycles. The van der Waals surface area contributed by atoms with Crippen LogP contribution < -0.4 is 5.32 Å². The topological polar surface area (TPSA) is 15.3 Å². The number of rotatable bonds is 3. The Morgan fingerprint density at radius 3 is 2.50 bits per heavy atom. The van der Waals surface area contributed by atoms with Gasteiger partial charge in [0.1, 0.15) is 0 Å². The minimum absolute atomic E-state index is 0.602. The SMILES string of the molecule is CNC(C)C(C)N1CCCC1C. The highest BCUT2D eigenvalue weighted by atomic mass is 15.2. The van der Waals surface area contributed by atoms with Crippen molar-refractivity contribution in [2.75, 3.05) is 13.6 Å². The quantitative estimate of drug-likeness (QED) is 0.690. The number of likely N-dealkylation sites (tertiary alicyclic amines) is 1. The molecule has 0 radical (unpaired) electrons. The molecule has 1 aliphatic heterocycles. The van der Waals surface area contributed by atoms with Gasteiger partial charge in [-0.25, -0.2) is 0 Å². The molecule has 0 aliphatic carbocycles. The fraction of sp³-hybridized carbons (Fsp3) is 1.00. The van der Waals surface area contributed by atoms with Crippen LogP contribution in [0.4, 0.5) is 0 Å². The Bertz CT molecular complexity index is 136. The summed E-state index contributed by atoms with van der Waals surface area (Å²) in [6, 6.07) is 2.06. The lowest BCUT2D eigenvalue weighted by Crippen LogP contribution is -2.47. The summed E-state index contributed by atoms with van der Waals surface area (Å²) >= 11 is 0. The van der Waals surface area contributed by atoms with Gasteiger partial charge in [0.15, 0.2) is 0 Å². The van der Waals surface area contributed by atoms with Gasteiger partial charge in [-0.2, -0.15) is 0 Å². The molecular formula is C10H22N2. The van der Waals surface area contributed by atoms with Gasteiger partial charge in [0.25, 0.3) is 0 Å². The standard InChI is InChI=1S/C10H22N2/c1-8-6-5-7-12(8)10(3)9(2)11-4/h8-11H,5-7H2,1-4H3. The van der Waals surface area contributed by atoms with Crippen molar-refractivity contribution in [2.45, 2.75) is 51.7 Å². The Morgan fingerprint density at radius 1 is 1.42 bits per heavy atom. The van der Waals surface area contributed by atoms with E-state index >= 15 is 0 Å². The van der Waals surface area contributed by atoms with Gasteiger partial charge >= 0.3 is 0 Å². The van der Waals surface area contributed by atoms with Crippen molar-refractivity contribution in [3.63, 3.8) is 0 Å². The van der Waals surface area contributed by atoms with E-state index in [1.165, 1.54) is 19.4 Å². The molecule has 1 aliphatic rings. The van der Waals surface area contributed by atoms with Crippen molar-refractivity contribution in [3.8, 4) is 0 Å². The molecule has 0 aromatic rings. The normalized spacial score (nSPS) is 30.5. The number of nitrogens with one attached hydrogen (secondary N) is 1. The maximum absolute atomic E-state index is 3.32. The molecule has 1 fully saturated rings. The molecule has 72 valence electrons. The zero-order valence-electron chi connectivity index (χ0n) is 8.80. The van der Waals surface area contributed by atoms with E-state index in [9.17, 15) is 0 Å². The van der Waals surface area contributed by atoms with Gasteiger partial charge in [-0.05, 0) is 47.2 Å². The Balaban J connectivity index is 2.45. The van der Waals surface area contributed by atoms with E-state index in [-0.39, 0.29) is 0 Å².